The average molecular weight is 229 g/mol. The zero-order chi connectivity index (χ0) is 11.1. The van der Waals surface area contributed by atoms with Crippen molar-refractivity contribution in [1.82, 2.24) is 15.5 Å². The second-order valence-electron chi connectivity index (χ2n) is 4.12. The fourth-order valence-electron chi connectivity index (χ4n) is 1.97. The minimum Gasteiger partial charge on any atom is -0.363 e. The van der Waals surface area contributed by atoms with Gasteiger partial charge in [0.05, 0.1) is 0 Å². The maximum Gasteiger partial charge on any atom is 0.166 e. The van der Waals surface area contributed by atoms with Crippen molar-refractivity contribution in [3.63, 3.8) is 0 Å². The van der Waals surface area contributed by atoms with Crippen LogP contribution in [0.4, 0.5) is 0 Å². The lowest BCUT2D eigenvalue weighted by atomic mass is 9.97. The Morgan fingerprint density at radius 1 is 1.27 bits per heavy atom. The van der Waals surface area contributed by atoms with Crippen molar-refractivity contribution in [2.75, 3.05) is 32.7 Å². The molecule has 0 saturated carbocycles. The van der Waals surface area contributed by atoms with E-state index in [2.05, 4.69) is 29.4 Å². The second kappa shape index (κ2) is 7.01. The van der Waals surface area contributed by atoms with Crippen LogP contribution in [0.3, 0.4) is 0 Å². The van der Waals surface area contributed by atoms with Crippen LogP contribution >= 0.6 is 12.2 Å². The van der Waals surface area contributed by atoms with Crippen molar-refractivity contribution < 1.29 is 0 Å². The monoisotopic (exact) mass is 229 g/mol. The van der Waals surface area contributed by atoms with Gasteiger partial charge in [-0.15, -0.1) is 0 Å². The van der Waals surface area contributed by atoms with Gasteiger partial charge in [-0.25, -0.2) is 0 Å². The molecule has 0 amide bonds. The first-order valence-electron chi connectivity index (χ1n) is 6.00. The predicted octanol–water partition coefficient (Wildman–Crippen LogP) is 1.20. The molecule has 2 N–H and O–H groups in total. The van der Waals surface area contributed by atoms with Gasteiger partial charge in [0.2, 0.25) is 0 Å². The molecule has 0 bridgehead atoms. The molecule has 0 aromatic rings. The first-order valence-corrected chi connectivity index (χ1v) is 6.41. The van der Waals surface area contributed by atoms with E-state index in [9.17, 15) is 0 Å². The summed E-state index contributed by atoms with van der Waals surface area (Å²) in [5, 5.41) is 7.20. The Morgan fingerprint density at radius 2 is 1.93 bits per heavy atom. The highest BCUT2D eigenvalue weighted by Crippen LogP contribution is 2.15. The molecule has 88 valence electrons. The van der Waals surface area contributed by atoms with Gasteiger partial charge in [-0.05, 0) is 57.5 Å². The van der Waals surface area contributed by atoms with Crippen molar-refractivity contribution >= 4 is 17.3 Å². The molecule has 3 nitrogen and oxygen atoms in total. The maximum absolute atomic E-state index is 5.14. The van der Waals surface area contributed by atoms with Crippen molar-refractivity contribution in [1.29, 1.82) is 0 Å². The standard InChI is InChI=1S/C11H23N3S/c1-3-12-11(15)13-9-10-5-7-14(4-2)8-6-10/h10H,3-9H2,1-2H3,(H2,12,13,15). The molecule has 15 heavy (non-hydrogen) atoms. The average Bonchev–Trinajstić information content (AvgIpc) is 2.27. The van der Waals surface area contributed by atoms with Crippen LogP contribution in [0.5, 0.6) is 0 Å². The number of nitrogens with zero attached hydrogens (tertiary/aromatic N) is 1. The highest BCUT2D eigenvalue weighted by atomic mass is 32.1. The van der Waals surface area contributed by atoms with E-state index in [1.807, 2.05) is 0 Å². The van der Waals surface area contributed by atoms with Gasteiger partial charge < -0.3 is 15.5 Å². The molecule has 0 aliphatic carbocycles. The van der Waals surface area contributed by atoms with Crippen molar-refractivity contribution in [2.24, 2.45) is 5.92 Å². The Morgan fingerprint density at radius 3 is 2.47 bits per heavy atom. The fourth-order valence-corrected chi connectivity index (χ4v) is 2.19. The summed E-state index contributed by atoms with van der Waals surface area (Å²) >= 11 is 5.14. The summed E-state index contributed by atoms with van der Waals surface area (Å²) in [5.74, 6) is 0.796. The zero-order valence-corrected chi connectivity index (χ0v) is 10.7. The topological polar surface area (TPSA) is 27.3 Å². The first-order chi connectivity index (χ1) is 7.26. The molecule has 0 spiro atoms. The van der Waals surface area contributed by atoms with Gasteiger partial charge >= 0.3 is 0 Å². The number of rotatable bonds is 4. The third kappa shape index (κ3) is 4.80. The third-order valence-corrected chi connectivity index (χ3v) is 3.33. The number of hydrogen-bond acceptors (Lipinski definition) is 2. The Kier molecular flexibility index (Phi) is 5.95. The molecule has 1 heterocycles. The summed E-state index contributed by atoms with van der Waals surface area (Å²) in [6.07, 6.45) is 2.60. The van der Waals surface area contributed by atoms with Gasteiger partial charge in [0.15, 0.2) is 5.11 Å². The van der Waals surface area contributed by atoms with Crippen LogP contribution in [-0.4, -0.2) is 42.7 Å². The van der Waals surface area contributed by atoms with Crippen LogP contribution in [0.2, 0.25) is 0 Å². The second-order valence-corrected chi connectivity index (χ2v) is 4.53. The lowest BCUT2D eigenvalue weighted by Gasteiger charge is -2.31. The summed E-state index contributed by atoms with van der Waals surface area (Å²) < 4.78 is 0. The summed E-state index contributed by atoms with van der Waals surface area (Å²) in [5.41, 5.74) is 0. The highest BCUT2D eigenvalue weighted by Gasteiger charge is 2.17. The van der Waals surface area contributed by atoms with Crippen LogP contribution in [-0.2, 0) is 0 Å². The molecule has 0 aromatic heterocycles. The maximum atomic E-state index is 5.14. The van der Waals surface area contributed by atoms with E-state index in [0.717, 1.165) is 24.1 Å². The number of hydrogen-bond donors (Lipinski definition) is 2. The fraction of sp³-hybridized carbons (Fsp3) is 0.909. The molecular formula is C11H23N3S. The minimum atomic E-state index is 0.796. The van der Waals surface area contributed by atoms with Crippen molar-refractivity contribution in [2.45, 2.75) is 26.7 Å². The lowest BCUT2D eigenvalue weighted by molar-refractivity contribution is 0.193. The lowest BCUT2D eigenvalue weighted by Crippen LogP contribution is -2.41. The van der Waals surface area contributed by atoms with E-state index in [0.29, 0.717) is 0 Å². The highest BCUT2D eigenvalue weighted by molar-refractivity contribution is 7.80. The molecule has 0 unspecified atom stereocenters. The largest absolute Gasteiger partial charge is 0.363 e. The van der Waals surface area contributed by atoms with Gasteiger partial charge in [0.1, 0.15) is 0 Å². The zero-order valence-electron chi connectivity index (χ0n) is 9.88. The van der Waals surface area contributed by atoms with E-state index in [-0.39, 0.29) is 0 Å². The quantitative estimate of drug-likeness (QED) is 0.709. The molecule has 4 heteroatoms. The Hall–Kier alpha value is -0.350. The van der Waals surface area contributed by atoms with Crippen LogP contribution in [0.15, 0.2) is 0 Å². The summed E-state index contributed by atoms with van der Waals surface area (Å²) in [7, 11) is 0. The van der Waals surface area contributed by atoms with E-state index in [4.69, 9.17) is 12.2 Å². The van der Waals surface area contributed by atoms with Crippen LogP contribution < -0.4 is 10.6 Å². The van der Waals surface area contributed by atoms with E-state index in [1.54, 1.807) is 0 Å². The molecular weight excluding hydrogens is 206 g/mol. The molecule has 1 saturated heterocycles. The molecule has 1 aliphatic heterocycles. The molecule has 0 radical (unpaired) electrons. The Balaban J connectivity index is 2.10. The van der Waals surface area contributed by atoms with Crippen LogP contribution in [0, 0.1) is 5.92 Å². The first kappa shape index (κ1) is 12.7. The van der Waals surface area contributed by atoms with E-state index < -0.39 is 0 Å². The number of thiocarbonyl (C=S) groups is 1. The van der Waals surface area contributed by atoms with E-state index in [1.165, 1.54) is 32.5 Å². The van der Waals surface area contributed by atoms with E-state index >= 15 is 0 Å². The summed E-state index contributed by atoms with van der Waals surface area (Å²) in [6, 6.07) is 0. The Bertz CT molecular complexity index is 188. The van der Waals surface area contributed by atoms with Crippen LogP contribution in [0.25, 0.3) is 0 Å². The molecule has 1 rings (SSSR count). The number of piperidine rings is 1. The molecule has 0 aromatic carbocycles. The molecule has 0 atom stereocenters. The molecule has 1 aliphatic rings. The smallest absolute Gasteiger partial charge is 0.166 e. The van der Waals surface area contributed by atoms with Gasteiger partial charge in [-0.1, -0.05) is 6.92 Å². The van der Waals surface area contributed by atoms with Crippen molar-refractivity contribution in [3.8, 4) is 0 Å². The van der Waals surface area contributed by atoms with Crippen LogP contribution in [0.1, 0.15) is 26.7 Å². The van der Waals surface area contributed by atoms with Crippen molar-refractivity contribution in [3.05, 3.63) is 0 Å². The third-order valence-electron chi connectivity index (χ3n) is 3.04. The van der Waals surface area contributed by atoms with Gasteiger partial charge in [-0.3, -0.25) is 0 Å². The predicted molar refractivity (Wildman–Crippen MR) is 69.1 cm³/mol. The minimum absolute atomic E-state index is 0.796. The SMILES string of the molecule is CCNC(=S)NCC1CCN(CC)CC1. The molecule has 1 fully saturated rings. The number of nitrogens with one attached hydrogen (secondary N) is 2. The van der Waals surface area contributed by atoms with Gasteiger partial charge in [0.25, 0.3) is 0 Å². The summed E-state index contributed by atoms with van der Waals surface area (Å²) in [6.45, 7) is 9.92. The summed E-state index contributed by atoms with van der Waals surface area (Å²) in [4.78, 5) is 2.51. The van der Waals surface area contributed by atoms with Gasteiger partial charge in [0, 0.05) is 13.1 Å². The van der Waals surface area contributed by atoms with Gasteiger partial charge in [-0.2, -0.15) is 0 Å². The Labute approximate surface area is 98.6 Å². The number of likely N-dealkylation sites (tertiary alicyclic amines) is 1. The normalized spacial score (nSPS) is 18.8.